The molecule has 178 valence electrons. The number of amides is 2. The number of benzene rings is 3. The van der Waals surface area contributed by atoms with Crippen molar-refractivity contribution >= 4 is 62.0 Å². The quantitative estimate of drug-likeness (QED) is 0.202. The summed E-state index contributed by atoms with van der Waals surface area (Å²) < 4.78 is 6.49. The third-order valence-corrected chi connectivity index (χ3v) is 6.94. The molecule has 2 amide bonds. The lowest BCUT2D eigenvalue weighted by Crippen LogP contribution is -2.22. The molecule has 1 aromatic heterocycles. The van der Waals surface area contributed by atoms with Crippen LogP contribution in [0.3, 0.4) is 0 Å². The summed E-state index contributed by atoms with van der Waals surface area (Å²) in [4.78, 5) is 30.4. The molecule has 0 radical (unpaired) electrons. The lowest BCUT2D eigenvalue weighted by atomic mass is 10.2. The Morgan fingerprint density at radius 1 is 1.06 bits per heavy atom. The van der Waals surface area contributed by atoms with Gasteiger partial charge >= 0.3 is 0 Å². The molecule has 0 bridgehead atoms. The summed E-state index contributed by atoms with van der Waals surface area (Å²) in [6.45, 7) is 4.38. The molecular weight excluding hydrogens is 478 g/mol. The molecule has 0 aliphatic heterocycles. The zero-order valence-corrected chi connectivity index (χ0v) is 21.0. The maximum absolute atomic E-state index is 12.8. The molecule has 4 rings (SSSR count). The molecule has 0 aliphatic carbocycles. The monoisotopic (exact) mass is 503 g/mol. The highest BCUT2D eigenvalue weighted by Crippen LogP contribution is 2.31. The van der Waals surface area contributed by atoms with Crippen LogP contribution >= 0.6 is 23.1 Å². The van der Waals surface area contributed by atoms with E-state index in [1.807, 2.05) is 86.6 Å². The van der Waals surface area contributed by atoms with Gasteiger partial charge in [0.05, 0.1) is 22.1 Å². The number of fused-ring (bicyclic) bond motifs is 1. The second-order valence-corrected chi connectivity index (χ2v) is 10.0. The first kappa shape index (κ1) is 24.5. The number of nitrogens with one attached hydrogen (secondary N) is 2. The van der Waals surface area contributed by atoms with Crippen LogP contribution in [0.1, 0.15) is 19.4 Å². The predicted octanol–water partition coefficient (Wildman–Crippen LogP) is 6.47. The van der Waals surface area contributed by atoms with Crippen LogP contribution in [0.15, 0.2) is 83.8 Å². The second kappa shape index (κ2) is 11.7. The minimum Gasteiger partial charge on any atom is -0.494 e. The summed E-state index contributed by atoms with van der Waals surface area (Å²) in [5, 5.41) is 5.97. The van der Waals surface area contributed by atoms with Gasteiger partial charge in [0.25, 0.3) is 0 Å². The van der Waals surface area contributed by atoms with Crippen LogP contribution in [0.5, 0.6) is 5.75 Å². The van der Waals surface area contributed by atoms with Crippen LogP contribution in [-0.4, -0.2) is 28.7 Å². The van der Waals surface area contributed by atoms with Crippen molar-refractivity contribution in [3.05, 3.63) is 84.4 Å². The van der Waals surface area contributed by atoms with Gasteiger partial charge in [-0.25, -0.2) is 4.98 Å². The Bertz CT molecular complexity index is 1350. The van der Waals surface area contributed by atoms with E-state index in [4.69, 9.17) is 4.74 Å². The van der Waals surface area contributed by atoms with Crippen LogP contribution in [0.25, 0.3) is 16.3 Å². The van der Waals surface area contributed by atoms with Crippen LogP contribution in [-0.2, 0) is 9.59 Å². The Morgan fingerprint density at radius 3 is 2.69 bits per heavy atom. The van der Waals surface area contributed by atoms with E-state index in [1.54, 1.807) is 6.08 Å². The van der Waals surface area contributed by atoms with E-state index < -0.39 is 0 Å². The molecule has 0 fully saturated rings. The standard InChI is InChI=1S/C27H25N3O3S2/c1-3-33-21-13-14-23-24(17-21)35-27(29-23)30-26(32)18(2)34-22-11-7-10-20(16-22)28-25(31)15-12-19-8-5-4-6-9-19/h4-18H,3H2,1-2H3,(H,28,31)(H,29,30,32)/b15-12+. The van der Waals surface area contributed by atoms with Gasteiger partial charge in [0, 0.05) is 16.7 Å². The summed E-state index contributed by atoms with van der Waals surface area (Å²) in [5.41, 5.74) is 2.44. The predicted molar refractivity (Wildman–Crippen MR) is 145 cm³/mol. The number of hydrogen-bond donors (Lipinski definition) is 2. The zero-order chi connectivity index (χ0) is 24.6. The third kappa shape index (κ3) is 6.94. The molecule has 1 heterocycles. The molecule has 0 spiro atoms. The van der Waals surface area contributed by atoms with Crippen molar-refractivity contribution in [3.63, 3.8) is 0 Å². The van der Waals surface area contributed by atoms with E-state index >= 15 is 0 Å². The molecule has 4 aromatic rings. The van der Waals surface area contributed by atoms with Crippen molar-refractivity contribution in [3.8, 4) is 5.75 Å². The fraction of sp³-hybridized carbons (Fsp3) is 0.148. The SMILES string of the molecule is CCOc1ccc2nc(NC(=O)C(C)Sc3cccc(NC(=O)/C=C/c4ccccc4)c3)sc2c1. The highest BCUT2D eigenvalue weighted by Gasteiger charge is 2.17. The number of carbonyl (C=O) groups is 2. The van der Waals surface area contributed by atoms with E-state index in [1.165, 1.54) is 29.2 Å². The van der Waals surface area contributed by atoms with E-state index in [0.29, 0.717) is 17.4 Å². The molecule has 3 aromatic carbocycles. The fourth-order valence-electron chi connectivity index (χ4n) is 3.25. The van der Waals surface area contributed by atoms with E-state index in [-0.39, 0.29) is 17.1 Å². The van der Waals surface area contributed by atoms with Crippen molar-refractivity contribution in [2.45, 2.75) is 24.0 Å². The number of thioether (sulfide) groups is 1. The Balaban J connectivity index is 1.34. The van der Waals surface area contributed by atoms with Gasteiger partial charge in [-0.3, -0.25) is 9.59 Å². The zero-order valence-electron chi connectivity index (χ0n) is 19.4. The summed E-state index contributed by atoms with van der Waals surface area (Å²) >= 11 is 2.83. The molecule has 6 nitrogen and oxygen atoms in total. The lowest BCUT2D eigenvalue weighted by molar-refractivity contribution is -0.115. The van der Waals surface area contributed by atoms with Crippen molar-refractivity contribution < 1.29 is 14.3 Å². The van der Waals surface area contributed by atoms with Crippen LogP contribution in [0.2, 0.25) is 0 Å². The first-order valence-corrected chi connectivity index (χ1v) is 12.8. The molecule has 1 unspecified atom stereocenters. The maximum Gasteiger partial charge on any atom is 0.248 e. The van der Waals surface area contributed by atoms with Gasteiger partial charge in [0.2, 0.25) is 11.8 Å². The molecule has 1 atom stereocenters. The molecular formula is C27H25N3O3S2. The molecule has 35 heavy (non-hydrogen) atoms. The van der Waals surface area contributed by atoms with Crippen LogP contribution in [0, 0.1) is 0 Å². The van der Waals surface area contributed by atoms with E-state index in [9.17, 15) is 9.59 Å². The average molecular weight is 504 g/mol. The van der Waals surface area contributed by atoms with Gasteiger partial charge in [0.1, 0.15) is 5.75 Å². The van der Waals surface area contributed by atoms with Gasteiger partial charge in [-0.1, -0.05) is 47.7 Å². The first-order chi connectivity index (χ1) is 17.0. The summed E-state index contributed by atoms with van der Waals surface area (Å²) in [7, 11) is 0. The number of carbonyl (C=O) groups excluding carboxylic acids is 2. The summed E-state index contributed by atoms with van der Waals surface area (Å²) in [6, 6.07) is 22.8. The normalized spacial score (nSPS) is 11.9. The number of nitrogens with zero attached hydrogens (tertiary/aromatic N) is 1. The Kier molecular flexibility index (Phi) is 8.18. The van der Waals surface area contributed by atoms with Crippen molar-refractivity contribution in [1.29, 1.82) is 0 Å². The van der Waals surface area contributed by atoms with Gasteiger partial charge in [-0.15, -0.1) is 11.8 Å². The smallest absolute Gasteiger partial charge is 0.248 e. The molecule has 8 heteroatoms. The van der Waals surface area contributed by atoms with Crippen molar-refractivity contribution in [2.75, 3.05) is 17.2 Å². The topological polar surface area (TPSA) is 80.3 Å². The minimum absolute atomic E-state index is 0.140. The van der Waals surface area contributed by atoms with Crippen molar-refractivity contribution in [1.82, 2.24) is 4.98 Å². The van der Waals surface area contributed by atoms with Gasteiger partial charge in [-0.2, -0.15) is 0 Å². The summed E-state index contributed by atoms with van der Waals surface area (Å²) in [6.07, 6.45) is 3.26. The van der Waals surface area contributed by atoms with E-state index in [0.717, 1.165) is 26.4 Å². The summed E-state index contributed by atoms with van der Waals surface area (Å²) in [5.74, 6) is 0.428. The largest absolute Gasteiger partial charge is 0.494 e. The highest BCUT2D eigenvalue weighted by atomic mass is 32.2. The molecule has 0 aliphatic rings. The number of aromatic nitrogens is 1. The Labute approximate surface area is 212 Å². The fourth-order valence-corrected chi connectivity index (χ4v) is 5.07. The van der Waals surface area contributed by atoms with Crippen molar-refractivity contribution in [2.24, 2.45) is 0 Å². The Morgan fingerprint density at radius 2 is 1.89 bits per heavy atom. The van der Waals surface area contributed by atoms with E-state index in [2.05, 4.69) is 15.6 Å². The van der Waals surface area contributed by atoms with Gasteiger partial charge in [-0.05, 0) is 61.9 Å². The second-order valence-electron chi connectivity index (χ2n) is 7.59. The number of thiazole rings is 1. The van der Waals surface area contributed by atoms with Gasteiger partial charge < -0.3 is 15.4 Å². The van der Waals surface area contributed by atoms with Crippen LogP contribution in [0.4, 0.5) is 10.8 Å². The molecule has 2 N–H and O–H groups in total. The molecule has 0 saturated heterocycles. The maximum atomic E-state index is 12.8. The first-order valence-electron chi connectivity index (χ1n) is 11.2. The minimum atomic E-state index is -0.357. The van der Waals surface area contributed by atoms with Gasteiger partial charge in [0.15, 0.2) is 5.13 Å². The third-order valence-electron chi connectivity index (χ3n) is 4.91. The molecule has 0 saturated carbocycles. The number of ether oxygens (including phenoxy) is 1. The number of anilines is 2. The van der Waals surface area contributed by atoms with Crippen LogP contribution < -0.4 is 15.4 Å². The number of hydrogen-bond acceptors (Lipinski definition) is 6. The average Bonchev–Trinajstić information content (AvgIpc) is 3.25. The lowest BCUT2D eigenvalue weighted by Gasteiger charge is -2.11. The Hall–Kier alpha value is -3.62. The number of rotatable bonds is 9. The highest BCUT2D eigenvalue weighted by molar-refractivity contribution is 8.00.